The van der Waals surface area contributed by atoms with Crippen molar-refractivity contribution < 1.29 is 13.9 Å². The molecule has 0 aliphatic carbocycles. The van der Waals surface area contributed by atoms with Crippen LogP contribution >= 0.6 is 11.3 Å². The minimum Gasteiger partial charge on any atom is -0.497 e. The van der Waals surface area contributed by atoms with Gasteiger partial charge in [-0.3, -0.25) is 4.79 Å². The van der Waals surface area contributed by atoms with Crippen molar-refractivity contribution in [1.29, 1.82) is 0 Å². The van der Waals surface area contributed by atoms with Crippen LogP contribution in [-0.2, 0) is 0 Å². The number of thiazole rings is 1. The normalized spacial score (nSPS) is 10.9. The highest BCUT2D eigenvalue weighted by Crippen LogP contribution is 2.28. The number of fused-ring (bicyclic) bond motifs is 1. The Morgan fingerprint density at radius 1 is 1.19 bits per heavy atom. The topological polar surface area (TPSA) is 69.0 Å². The summed E-state index contributed by atoms with van der Waals surface area (Å²) >= 11 is 1.30. The summed E-state index contributed by atoms with van der Waals surface area (Å²) in [4.78, 5) is 17.0. The lowest BCUT2D eigenvalue weighted by atomic mass is 10.2. The zero-order chi connectivity index (χ0) is 19.0. The van der Waals surface area contributed by atoms with Crippen molar-refractivity contribution in [2.75, 3.05) is 12.4 Å². The lowest BCUT2D eigenvalue weighted by molar-refractivity contribution is 0.102. The smallest absolute Gasteiger partial charge is 0.256 e. The molecule has 4 rings (SSSR count). The van der Waals surface area contributed by atoms with Crippen LogP contribution in [0.1, 0.15) is 16.1 Å². The number of nitrogens with zero attached hydrogens (tertiary/aromatic N) is 3. The third-order valence-corrected chi connectivity index (χ3v) is 4.94. The SMILES string of the molecule is COc1ccc(C(=O)Nc2cc(C)nn2-c2nc3ccc(F)cc3s2)cc1. The monoisotopic (exact) mass is 382 g/mol. The van der Waals surface area contributed by atoms with E-state index in [1.807, 2.05) is 6.92 Å². The molecule has 0 radical (unpaired) electrons. The first-order valence-corrected chi connectivity index (χ1v) is 8.94. The quantitative estimate of drug-likeness (QED) is 0.575. The van der Waals surface area contributed by atoms with E-state index in [2.05, 4.69) is 15.4 Å². The largest absolute Gasteiger partial charge is 0.497 e. The molecule has 2 aromatic carbocycles. The highest BCUT2D eigenvalue weighted by atomic mass is 32.1. The number of aromatic nitrogens is 3. The van der Waals surface area contributed by atoms with Crippen LogP contribution in [0.4, 0.5) is 10.2 Å². The third-order valence-electron chi connectivity index (χ3n) is 3.95. The van der Waals surface area contributed by atoms with E-state index in [9.17, 15) is 9.18 Å². The van der Waals surface area contributed by atoms with Crippen LogP contribution in [-0.4, -0.2) is 27.8 Å². The fourth-order valence-electron chi connectivity index (χ4n) is 2.64. The molecule has 1 N–H and O–H groups in total. The Morgan fingerprint density at radius 3 is 2.70 bits per heavy atom. The van der Waals surface area contributed by atoms with E-state index < -0.39 is 0 Å². The third kappa shape index (κ3) is 3.39. The maximum atomic E-state index is 13.4. The molecule has 8 heteroatoms. The van der Waals surface area contributed by atoms with E-state index in [4.69, 9.17) is 4.74 Å². The Morgan fingerprint density at radius 2 is 1.96 bits per heavy atom. The van der Waals surface area contributed by atoms with Crippen molar-refractivity contribution in [3.63, 3.8) is 0 Å². The van der Waals surface area contributed by atoms with E-state index in [1.54, 1.807) is 48.2 Å². The molecule has 0 fully saturated rings. The summed E-state index contributed by atoms with van der Waals surface area (Å²) in [5, 5.41) is 7.81. The number of amides is 1. The van der Waals surface area contributed by atoms with Gasteiger partial charge in [0.25, 0.3) is 5.91 Å². The Kier molecular flexibility index (Phi) is 4.33. The van der Waals surface area contributed by atoms with Gasteiger partial charge in [-0.15, -0.1) is 0 Å². The molecule has 0 bridgehead atoms. The Labute approximate surface area is 158 Å². The summed E-state index contributed by atoms with van der Waals surface area (Å²) in [7, 11) is 1.57. The zero-order valence-electron chi connectivity index (χ0n) is 14.6. The Hall–Kier alpha value is -3.26. The van der Waals surface area contributed by atoms with E-state index in [-0.39, 0.29) is 11.7 Å². The standard InChI is InChI=1S/C19H15FN4O2S/c1-11-9-17(22-18(25)12-3-6-14(26-2)7-4-12)24(23-11)19-21-15-8-5-13(20)10-16(15)27-19/h3-10H,1-2H3,(H,22,25). The van der Waals surface area contributed by atoms with Crippen LogP contribution in [0, 0.1) is 12.7 Å². The molecule has 0 unspecified atom stereocenters. The number of carbonyl (C=O) groups is 1. The number of nitrogens with one attached hydrogen (secondary N) is 1. The number of aryl methyl sites for hydroxylation is 1. The van der Waals surface area contributed by atoms with Crippen LogP contribution < -0.4 is 10.1 Å². The van der Waals surface area contributed by atoms with Gasteiger partial charge in [-0.2, -0.15) is 9.78 Å². The number of rotatable bonds is 4. The van der Waals surface area contributed by atoms with Crippen molar-refractivity contribution in [1.82, 2.24) is 14.8 Å². The van der Waals surface area contributed by atoms with E-state index >= 15 is 0 Å². The summed E-state index contributed by atoms with van der Waals surface area (Å²) in [5.41, 5.74) is 1.90. The molecule has 0 aliphatic rings. The number of benzene rings is 2. The summed E-state index contributed by atoms with van der Waals surface area (Å²) in [5.74, 6) is 0.579. The molecule has 6 nitrogen and oxygen atoms in total. The van der Waals surface area contributed by atoms with Crippen molar-refractivity contribution in [3.8, 4) is 10.9 Å². The van der Waals surface area contributed by atoms with Crippen molar-refractivity contribution in [3.05, 3.63) is 65.6 Å². The average Bonchev–Trinajstić information content (AvgIpc) is 3.24. The first-order valence-electron chi connectivity index (χ1n) is 8.12. The van der Waals surface area contributed by atoms with Gasteiger partial charge in [0.05, 0.1) is 23.0 Å². The van der Waals surface area contributed by atoms with Gasteiger partial charge in [0, 0.05) is 11.6 Å². The summed E-state index contributed by atoms with van der Waals surface area (Å²) < 4.78 is 20.8. The molecular weight excluding hydrogens is 367 g/mol. The highest BCUT2D eigenvalue weighted by molar-refractivity contribution is 7.20. The van der Waals surface area contributed by atoms with E-state index in [0.717, 1.165) is 5.69 Å². The molecule has 0 saturated heterocycles. The first kappa shape index (κ1) is 17.2. The molecular formula is C19H15FN4O2S. The predicted molar refractivity (Wildman–Crippen MR) is 102 cm³/mol. The predicted octanol–water partition coefficient (Wildman–Crippen LogP) is 4.19. The molecule has 2 heterocycles. The van der Waals surface area contributed by atoms with Gasteiger partial charge in [-0.1, -0.05) is 11.3 Å². The lowest BCUT2D eigenvalue weighted by Crippen LogP contribution is -2.15. The number of anilines is 1. The zero-order valence-corrected chi connectivity index (χ0v) is 15.4. The number of ether oxygens (including phenoxy) is 1. The Balaban J connectivity index is 1.66. The number of methoxy groups -OCH3 is 1. The average molecular weight is 382 g/mol. The maximum absolute atomic E-state index is 13.4. The van der Waals surface area contributed by atoms with Gasteiger partial charge in [-0.25, -0.2) is 9.37 Å². The van der Waals surface area contributed by atoms with Crippen LogP contribution in [0.5, 0.6) is 5.75 Å². The van der Waals surface area contributed by atoms with Crippen LogP contribution in [0.25, 0.3) is 15.3 Å². The molecule has 2 aromatic heterocycles. The van der Waals surface area contributed by atoms with Crippen molar-refractivity contribution >= 4 is 33.3 Å². The fraction of sp³-hybridized carbons (Fsp3) is 0.105. The maximum Gasteiger partial charge on any atom is 0.256 e. The number of halogens is 1. The molecule has 0 atom stereocenters. The van der Waals surface area contributed by atoms with Gasteiger partial charge >= 0.3 is 0 Å². The van der Waals surface area contributed by atoms with Crippen molar-refractivity contribution in [2.24, 2.45) is 0 Å². The lowest BCUT2D eigenvalue weighted by Gasteiger charge is -2.07. The minimum absolute atomic E-state index is 0.272. The van der Waals surface area contributed by atoms with Crippen LogP contribution in [0.15, 0.2) is 48.5 Å². The molecule has 0 spiro atoms. The van der Waals surface area contributed by atoms with Crippen LogP contribution in [0.2, 0.25) is 0 Å². The first-order chi connectivity index (χ1) is 13.0. The van der Waals surface area contributed by atoms with E-state index in [0.29, 0.717) is 32.5 Å². The summed E-state index contributed by atoms with van der Waals surface area (Å²) in [6, 6.07) is 13.0. The number of carbonyl (C=O) groups excluding carboxylic acids is 1. The van der Waals surface area contributed by atoms with Crippen LogP contribution in [0.3, 0.4) is 0 Å². The molecule has 136 valence electrons. The second-order valence-electron chi connectivity index (χ2n) is 5.87. The van der Waals surface area contributed by atoms with Gasteiger partial charge in [0.15, 0.2) is 0 Å². The summed E-state index contributed by atoms with van der Waals surface area (Å²) in [6.45, 7) is 1.83. The molecule has 1 amide bonds. The second-order valence-corrected chi connectivity index (χ2v) is 6.88. The second kappa shape index (κ2) is 6.81. The highest BCUT2D eigenvalue weighted by Gasteiger charge is 2.15. The van der Waals surface area contributed by atoms with Gasteiger partial charge in [-0.05, 0) is 49.4 Å². The van der Waals surface area contributed by atoms with Gasteiger partial charge < -0.3 is 10.1 Å². The molecule has 4 aromatic rings. The van der Waals surface area contributed by atoms with E-state index in [1.165, 1.54) is 23.5 Å². The Bertz CT molecular complexity index is 1130. The fourth-order valence-corrected chi connectivity index (χ4v) is 3.60. The minimum atomic E-state index is -0.317. The molecule has 0 saturated carbocycles. The van der Waals surface area contributed by atoms with Gasteiger partial charge in [0.1, 0.15) is 17.4 Å². The molecule has 27 heavy (non-hydrogen) atoms. The van der Waals surface area contributed by atoms with Gasteiger partial charge in [0.2, 0.25) is 5.13 Å². The summed E-state index contributed by atoms with van der Waals surface area (Å²) in [6.07, 6.45) is 0. The number of hydrogen-bond acceptors (Lipinski definition) is 5. The molecule has 0 aliphatic heterocycles. The van der Waals surface area contributed by atoms with Crippen molar-refractivity contribution in [2.45, 2.75) is 6.92 Å². The number of hydrogen-bond donors (Lipinski definition) is 1.